The highest BCUT2D eigenvalue weighted by Crippen LogP contribution is 2.43. The third-order valence-corrected chi connectivity index (χ3v) is 7.29. The van der Waals surface area contributed by atoms with Crippen LogP contribution in [0.2, 0.25) is 0 Å². The Kier molecular flexibility index (Phi) is 4.96. The zero-order valence-electron chi connectivity index (χ0n) is 15.4. The summed E-state index contributed by atoms with van der Waals surface area (Å²) in [7, 11) is 0. The van der Waals surface area contributed by atoms with Gasteiger partial charge in [-0.15, -0.1) is 23.1 Å². The van der Waals surface area contributed by atoms with Crippen LogP contribution in [0.25, 0.3) is 16.3 Å². The molecule has 1 aromatic carbocycles. The number of thiophene rings is 1. The number of carbonyl (C=O) groups excluding carboxylic acids is 1. The number of ether oxygens (including phenoxy) is 1. The van der Waals surface area contributed by atoms with Gasteiger partial charge in [0.1, 0.15) is 11.1 Å². The van der Waals surface area contributed by atoms with Crippen LogP contribution in [0.4, 0.5) is 0 Å². The molecule has 0 radical (unpaired) electrons. The van der Waals surface area contributed by atoms with Crippen molar-refractivity contribution < 1.29 is 9.53 Å². The van der Waals surface area contributed by atoms with Gasteiger partial charge < -0.3 is 9.64 Å². The van der Waals surface area contributed by atoms with Gasteiger partial charge in [-0.05, 0) is 36.4 Å². The number of benzene rings is 1. The van der Waals surface area contributed by atoms with Crippen LogP contribution >= 0.6 is 23.1 Å². The van der Waals surface area contributed by atoms with Crippen LogP contribution in [0.1, 0.15) is 23.8 Å². The minimum absolute atomic E-state index is 0.0220. The molecule has 4 heterocycles. The quantitative estimate of drug-likeness (QED) is 0.626. The number of amides is 1. The Morgan fingerprint density at radius 3 is 2.82 bits per heavy atom. The zero-order chi connectivity index (χ0) is 18.9. The second-order valence-corrected chi connectivity index (χ2v) is 9.05. The van der Waals surface area contributed by atoms with Crippen LogP contribution in [0, 0.1) is 0 Å². The third kappa shape index (κ3) is 3.38. The number of nitrogens with zero attached hydrogens (tertiary/aromatic N) is 3. The zero-order valence-corrected chi connectivity index (χ0v) is 17.0. The Bertz CT molecular complexity index is 949. The van der Waals surface area contributed by atoms with Crippen molar-refractivity contribution in [1.29, 1.82) is 0 Å². The molecular formula is C21H21N3O2S2. The number of hydrogen-bond acceptors (Lipinski definition) is 5. The van der Waals surface area contributed by atoms with Crippen LogP contribution < -0.4 is 0 Å². The van der Waals surface area contributed by atoms with E-state index in [1.165, 1.54) is 0 Å². The first-order chi connectivity index (χ1) is 13.8. The lowest BCUT2D eigenvalue weighted by molar-refractivity contribution is -0.129. The summed E-state index contributed by atoms with van der Waals surface area (Å²) in [5, 5.41) is 6.95. The summed E-state index contributed by atoms with van der Waals surface area (Å²) in [5.41, 5.74) is 3.08. The minimum Gasteiger partial charge on any atom is -0.376 e. The molecule has 144 valence electrons. The number of carbonyl (C=O) groups is 1. The first-order valence-electron chi connectivity index (χ1n) is 9.51. The molecule has 7 heteroatoms. The Balaban J connectivity index is 1.54. The van der Waals surface area contributed by atoms with E-state index >= 15 is 0 Å². The Morgan fingerprint density at radius 1 is 1.18 bits per heavy atom. The number of aromatic nitrogens is 2. The maximum absolute atomic E-state index is 12.6. The maximum atomic E-state index is 12.6. The molecule has 2 aromatic heterocycles. The summed E-state index contributed by atoms with van der Waals surface area (Å²) in [6.07, 6.45) is 4.35. The number of thioether (sulfide) groups is 1. The van der Waals surface area contributed by atoms with Gasteiger partial charge in [-0.2, -0.15) is 5.10 Å². The Morgan fingerprint density at radius 2 is 2.07 bits per heavy atom. The fourth-order valence-corrected chi connectivity index (χ4v) is 5.74. The molecule has 0 N–H and O–H groups in total. The summed E-state index contributed by atoms with van der Waals surface area (Å²) < 4.78 is 7.73. The highest BCUT2D eigenvalue weighted by atomic mass is 32.2. The van der Waals surface area contributed by atoms with Crippen molar-refractivity contribution in [3.63, 3.8) is 0 Å². The molecular weight excluding hydrogens is 390 g/mol. The number of rotatable bonds is 5. The fourth-order valence-electron chi connectivity index (χ4n) is 3.80. The second kappa shape index (κ2) is 7.73. The summed E-state index contributed by atoms with van der Waals surface area (Å²) in [5.74, 6) is 0.702. The summed E-state index contributed by atoms with van der Waals surface area (Å²) in [4.78, 5) is 15.8. The molecule has 1 amide bonds. The van der Waals surface area contributed by atoms with Gasteiger partial charge in [0.05, 0.1) is 22.4 Å². The van der Waals surface area contributed by atoms with Crippen LogP contribution in [-0.2, 0) is 9.53 Å². The molecule has 0 bridgehead atoms. The highest BCUT2D eigenvalue weighted by molar-refractivity contribution is 8.00. The van der Waals surface area contributed by atoms with Gasteiger partial charge in [-0.1, -0.05) is 24.3 Å². The molecule has 2 fully saturated rings. The summed E-state index contributed by atoms with van der Waals surface area (Å²) in [6.45, 7) is 1.47. The first kappa shape index (κ1) is 18.0. The van der Waals surface area contributed by atoms with E-state index in [9.17, 15) is 4.79 Å². The molecule has 0 aliphatic carbocycles. The van der Waals surface area contributed by atoms with Crippen molar-refractivity contribution in [2.75, 3.05) is 18.9 Å². The lowest BCUT2D eigenvalue weighted by Crippen LogP contribution is -2.35. The second-order valence-electron chi connectivity index (χ2n) is 7.03. The van der Waals surface area contributed by atoms with Gasteiger partial charge >= 0.3 is 0 Å². The lowest BCUT2D eigenvalue weighted by Gasteiger charge is -2.26. The molecule has 3 aromatic rings. The monoisotopic (exact) mass is 411 g/mol. The Labute approximate surface area is 172 Å². The van der Waals surface area contributed by atoms with Gasteiger partial charge in [0, 0.05) is 24.9 Å². The van der Waals surface area contributed by atoms with Crippen molar-refractivity contribution in [2.45, 2.75) is 24.3 Å². The normalized spacial score (nSPS) is 22.3. The maximum Gasteiger partial charge on any atom is 0.233 e. The average Bonchev–Trinajstić information content (AvgIpc) is 3.51. The van der Waals surface area contributed by atoms with Gasteiger partial charge in [0.15, 0.2) is 0 Å². The van der Waals surface area contributed by atoms with Crippen LogP contribution in [0.5, 0.6) is 0 Å². The fraction of sp³-hybridized carbons (Fsp3) is 0.333. The molecule has 0 spiro atoms. The van der Waals surface area contributed by atoms with E-state index in [-0.39, 0.29) is 17.4 Å². The lowest BCUT2D eigenvalue weighted by atomic mass is 10.1. The van der Waals surface area contributed by atoms with Gasteiger partial charge in [-0.3, -0.25) is 4.79 Å². The van der Waals surface area contributed by atoms with Crippen LogP contribution in [0.15, 0.2) is 54.0 Å². The van der Waals surface area contributed by atoms with Crippen molar-refractivity contribution in [3.8, 4) is 16.3 Å². The Hall–Kier alpha value is -2.09. The minimum atomic E-state index is -0.0220. The molecule has 0 unspecified atom stereocenters. The molecule has 2 aliphatic heterocycles. The van der Waals surface area contributed by atoms with Gasteiger partial charge in [0.2, 0.25) is 5.91 Å². The van der Waals surface area contributed by atoms with E-state index in [1.54, 1.807) is 23.1 Å². The van der Waals surface area contributed by atoms with Crippen molar-refractivity contribution >= 4 is 29.0 Å². The molecule has 5 nitrogen and oxygen atoms in total. The smallest absolute Gasteiger partial charge is 0.233 e. The molecule has 2 atom stereocenters. The largest absolute Gasteiger partial charge is 0.376 e. The predicted octanol–water partition coefficient (Wildman–Crippen LogP) is 4.35. The van der Waals surface area contributed by atoms with E-state index in [0.717, 1.165) is 41.3 Å². The average molecular weight is 412 g/mol. The van der Waals surface area contributed by atoms with E-state index in [4.69, 9.17) is 9.84 Å². The molecule has 5 rings (SSSR count). The summed E-state index contributed by atoms with van der Waals surface area (Å²) >= 11 is 3.37. The molecule has 28 heavy (non-hydrogen) atoms. The third-order valence-electron chi connectivity index (χ3n) is 5.18. The number of hydrogen-bond donors (Lipinski definition) is 0. The standard InChI is InChI=1S/C21H21N3O2S2/c25-19-14-28-21(23(19)12-16-8-4-10-26-16)17-13-24(15-6-2-1-3-7-15)22-20(17)18-9-5-11-27-18/h1-3,5-7,9,11,13,16,21H,4,8,10,12,14H2/t16-,21-/m1/s1. The SMILES string of the molecule is O=C1CS[C@H](c2cn(-c3ccccc3)nc2-c2cccs2)N1C[C@H]1CCCO1. The van der Waals surface area contributed by atoms with Gasteiger partial charge in [-0.25, -0.2) is 4.68 Å². The predicted molar refractivity (Wildman–Crippen MR) is 113 cm³/mol. The van der Waals surface area contributed by atoms with Crippen molar-refractivity contribution in [3.05, 3.63) is 59.6 Å². The van der Waals surface area contributed by atoms with Crippen molar-refractivity contribution in [2.24, 2.45) is 0 Å². The topological polar surface area (TPSA) is 47.4 Å². The first-order valence-corrected chi connectivity index (χ1v) is 11.4. The highest BCUT2D eigenvalue weighted by Gasteiger charge is 2.37. The summed E-state index contributed by atoms with van der Waals surface area (Å²) in [6, 6.07) is 14.3. The van der Waals surface area contributed by atoms with E-state index in [2.05, 4.69) is 17.6 Å². The number of para-hydroxylation sites is 1. The van der Waals surface area contributed by atoms with Crippen molar-refractivity contribution in [1.82, 2.24) is 14.7 Å². The van der Waals surface area contributed by atoms with E-state index < -0.39 is 0 Å². The van der Waals surface area contributed by atoms with E-state index in [1.807, 2.05) is 46.0 Å². The molecule has 0 saturated carbocycles. The molecule has 2 aliphatic rings. The van der Waals surface area contributed by atoms with Gasteiger partial charge in [0.25, 0.3) is 0 Å². The molecule has 2 saturated heterocycles. The van der Waals surface area contributed by atoms with Crippen LogP contribution in [-0.4, -0.2) is 45.6 Å². The van der Waals surface area contributed by atoms with Crippen LogP contribution in [0.3, 0.4) is 0 Å². The van der Waals surface area contributed by atoms with E-state index in [0.29, 0.717) is 12.3 Å².